The molecular formula is C19H25ClFN5O3S. The minimum Gasteiger partial charge on any atom is -0.399 e. The molecule has 0 saturated heterocycles. The van der Waals surface area contributed by atoms with Gasteiger partial charge in [0.2, 0.25) is 0 Å². The van der Waals surface area contributed by atoms with Gasteiger partial charge in [0.05, 0.1) is 23.8 Å². The van der Waals surface area contributed by atoms with Crippen LogP contribution in [0.5, 0.6) is 0 Å². The van der Waals surface area contributed by atoms with Gasteiger partial charge in [0, 0.05) is 29.3 Å². The number of pyridine rings is 1. The molecule has 164 valence electrons. The lowest BCUT2D eigenvalue weighted by Gasteiger charge is -2.20. The number of carbonyl (C=O) groups excluding carboxylic acids is 1. The van der Waals surface area contributed by atoms with E-state index in [0.29, 0.717) is 11.4 Å². The molecule has 30 heavy (non-hydrogen) atoms. The maximum Gasteiger partial charge on any atom is 0.277 e. The molecule has 11 heteroatoms. The average molecular weight is 458 g/mol. The summed E-state index contributed by atoms with van der Waals surface area (Å²) in [6, 6.07) is 3.55. The summed E-state index contributed by atoms with van der Waals surface area (Å²) in [6.45, 7) is 4.87. The second-order valence-corrected chi connectivity index (χ2v) is 8.92. The Kier molecular flexibility index (Phi) is 8.48. The molecule has 0 aliphatic rings. The fraction of sp³-hybridized carbons (Fsp3) is 0.474. The maximum absolute atomic E-state index is 13.7. The Balaban J connectivity index is 2.23. The smallest absolute Gasteiger partial charge is 0.277 e. The highest BCUT2D eigenvalue weighted by Crippen LogP contribution is 2.26. The Labute approximate surface area is 182 Å². The van der Waals surface area contributed by atoms with Crippen LogP contribution in [-0.4, -0.2) is 61.4 Å². The quantitative estimate of drug-likeness (QED) is 0.404. The van der Waals surface area contributed by atoms with Crippen molar-refractivity contribution >= 4 is 39.7 Å². The molecule has 0 aliphatic heterocycles. The minimum absolute atomic E-state index is 0.0421. The summed E-state index contributed by atoms with van der Waals surface area (Å²) < 4.78 is 27.6. The first-order valence-corrected chi connectivity index (χ1v) is 11.1. The molecule has 0 radical (unpaired) electrons. The first-order valence-electron chi connectivity index (χ1n) is 9.27. The van der Waals surface area contributed by atoms with Crippen LogP contribution in [0, 0.1) is 0 Å². The maximum atomic E-state index is 13.7. The fourth-order valence-corrected chi connectivity index (χ4v) is 4.11. The second-order valence-electron chi connectivity index (χ2n) is 6.99. The normalized spacial score (nSPS) is 13.2. The zero-order valence-electron chi connectivity index (χ0n) is 17.3. The number of rotatable bonds is 10. The van der Waals surface area contributed by atoms with Gasteiger partial charge in [-0.25, -0.2) is 9.07 Å². The Morgan fingerprint density at radius 2 is 2.20 bits per heavy atom. The number of anilines is 1. The molecule has 0 aromatic carbocycles. The summed E-state index contributed by atoms with van der Waals surface area (Å²) in [5.41, 5.74) is -0.441. The number of hydrogen-bond acceptors (Lipinski definition) is 6. The van der Waals surface area contributed by atoms with Gasteiger partial charge >= 0.3 is 0 Å². The third-order valence-electron chi connectivity index (χ3n) is 4.08. The highest BCUT2D eigenvalue weighted by Gasteiger charge is 2.27. The van der Waals surface area contributed by atoms with Crippen LogP contribution in [0.4, 0.5) is 10.1 Å². The fourth-order valence-electron chi connectivity index (χ4n) is 2.54. The van der Waals surface area contributed by atoms with Gasteiger partial charge in [-0.2, -0.15) is 5.10 Å². The zero-order chi connectivity index (χ0) is 22.3. The lowest BCUT2D eigenvalue weighted by Crippen LogP contribution is -2.39. The van der Waals surface area contributed by atoms with E-state index in [1.807, 2.05) is 0 Å². The van der Waals surface area contributed by atoms with E-state index in [4.69, 9.17) is 16.4 Å². The van der Waals surface area contributed by atoms with Crippen molar-refractivity contribution in [2.24, 2.45) is 5.16 Å². The molecule has 8 nitrogen and oxygen atoms in total. The first kappa shape index (κ1) is 23.9. The van der Waals surface area contributed by atoms with Crippen molar-refractivity contribution in [3.05, 3.63) is 35.9 Å². The molecule has 2 heterocycles. The van der Waals surface area contributed by atoms with E-state index in [1.165, 1.54) is 30.5 Å². The van der Waals surface area contributed by atoms with Crippen molar-refractivity contribution in [3.63, 3.8) is 0 Å². The summed E-state index contributed by atoms with van der Waals surface area (Å²) in [5.74, 6) is -0.571. The third-order valence-corrected chi connectivity index (χ3v) is 5.61. The molecule has 1 unspecified atom stereocenters. The third kappa shape index (κ3) is 6.60. The molecular weight excluding hydrogens is 433 g/mol. The molecule has 0 fully saturated rings. The lowest BCUT2D eigenvalue weighted by molar-refractivity contribution is -0.112. The van der Waals surface area contributed by atoms with Crippen molar-refractivity contribution in [1.29, 1.82) is 0 Å². The van der Waals surface area contributed by atoms with Crippen molar-refractivity contribution in [2.45, 2.75) is 32.9 Å². The number of amides is 1. The number of hydrogen-bond donors (Lipinski definition) is 0. The Morgan fingerprint density at radius 3 is 2.77 bits per heavy atom. The van der Waals surface area contributed by atoms with Gasteiger partial charge < -0.3 is 9.74 Å². The van der Waals surface area contributed by atoms with E-state index in [-0.39, 0.29) is 35.3 Å². The second kappa shape index (κ2) is 10.6. The molecule has 0 aliphatic carbocycles. The number of nitrogens with zero attached hydrogens (tertiary/aromatic N) is 5. The van der Waals surface area contributed by atoms with Crippen LogP contribution in [0.15, 0.2) is 35.9 Å². The van der Waals surface area contributed by atoms with Gasteiger partial charge in [-0.3, -0.25) is 14.0 Å². The van der Waals surface area contributed by atoms with Crippen LogP contribution in [-0.2, 0) is 20.4 Å². The predicted molar refractivity (Wildman–Crippen MR) is 117 cm³/mol. The Hall–Kier alpha value is -2.33. The van der Waals surface area contributed by atoms with Crippen LogP contribution in [0.2, 0.25) is 5.15 Å². The Morgan fingerprint density at radius 1 is 1.47 bits per heavy atom. The largest absolute Gasteiger partial charge is 0.399 e. The minimum atomic E-state index is -1.48. The van der Waals surface area contributed by atoms with Crippen LogP contribution in [0.25, 0.3) is 5.69 Å². The van der Waals surface area contributed by atoms with E-state index in [0.717, 1.165) is 0 Å². The SMILES string of the molecule is CCN(C(=O)/C(CS(=O)CCC(C)(C)F)=N/OC)c1cn(-c2cccnc2)nc1Cl. The molecule has 2 aromatic rings. The highest BCUT2D eigenvalue weighted by atomic mass is 35.5. The molecule has 0 N–H and O–H groups in total. The average Bonchev–Trinajstić information content (AvgIpc) is 3.08. The topological polar surface area (TPSA) is 89.7 Å². The first-order chi connectivity index (χ1) is 14.2. The molecule has 1 amide bonds. The zero-order valence-corrected chi connectivity index (χ0v) is 18.9. The number of halogens is 2. The Bertz CT molecular complexity index is 915. The summed E-state index contributed by atoms with van der Waals surface area (Å²) in [7, 11) is -0.188. The van der Waals surface area contributed by atoms with Gasteiger partial charge in [0.25, 0.3) is 5.91 Å². The van der Waals surface area contributed by atoms with Crippen LogP contribution >= 0.6 is 11.6 Å². The summed E-state index contributed by atoms with van der Waals surface area (Å²) in [4.78, 5) is 23.3. The molecule has 2 rings (SSSR count). The predicted octanol–water partition coefficient (Wildman–Crippen LogP) is 3.16. The monoisotopic (exact) mass is 457 g/mol. The molecule has 0 bridgehead atoms. The standard InChI is InChI=1S/C19H25ClFN5O3S/c1-5-25(16-12-26(23-17(16)20)14-7-6-9-22-11-14)18(27)15(24-29-4)13-30(28)10-8-19(2,3)21/h6-7,9,11-12H,5,8,10,13H2,1-4H3/b24-15+. The van der Waals surface area contributed by atoms with E-state index in [1.54, 1.807) is 37.6 Å². The van der Waals surface area contributed by atoms with Crippen LogP contribution < -0.4 is 4.90 Å². The molecule has 2 aromatic heterocycles. The van der Waals surface area contributed by atoms with Crippen LogP contribution in [0.1, 0.15) is 27.2 Å². The van der Waals surface area contributed by atoms with Gasteiger partial charge in [-0.15, -0.1) is 0 Å². The molecule has 0 spiro atoms. The van der Waals surface area contributed by atoms with Gasteiger partial charge in [0.1, 0.15) is 18.5 Å². The number of oxime groups is 1. The number of carbonyl (C=O) groups is 1. The highest BCUT2D eigenvalue weighted by molar-refractivity contribution is 7.85. The van der Waals surface area contributed by atoms with Crippen molar-refractivity contribution < 1.29 is 18.2 Å². The number of alkyl halides is 1. The van der Waals surface area contributed by atoms with E-state index < -0.39 is 22.4 Å². The van der Waals surface area contributed by atoms with Crippen LogP contribution in [0.3, 0.4) is 0 Å². The summed E-state index contributed by atoms with van der Waals surface area (Å²) in [5, 5.41) is 8.10. The summed E-state index contributed by atoms with van der Waals surface area (Å²) in [6.07, 6.45) is 4.95. The van der Waals surface area contributed by atoms with E-state index in [9.17, 15) is 13.4 Å². The van der Waals surface area contributed by atoms with E-state index in [2.05, 4.69) is 15.2 Å². The molecule has 0 saturated carbocycles. The summed E-state index contributed by atoms with van der Waals surface area (Å²) >= 11 is 6.28. The van der Waals surface area contributed by atoms with E-state index >= 15 is 0 Å². The van der Waals surface area contributed by atoms with Gasteiger partial charge in [-0.05, 0) is 39.3 Å². The lowest BCUT2D eigenvalue weighted by atomic mass is 10.1. The van der Waals surface area contributed by atoms with Crippen molar-refractivity contribution in [3.8, 4) is 5.69 Å². The van der Waals surface area contributed by atoms with Gasteiger partial charge in [0.15, 0.2) is 10.9 Å². The van der Waals surface area contributed by atoms with Crippen molar-refractivity contribution in [2.75, 3.05) is 30.1 Å². The molecule has 1 atom stereocenters. The van der Waals surface area contributed by atoms with Crippen molar-refractivity contribution in [1.82, 2.24) is 14.8 Å². The van der Waals surface area contributed by atoms with Gasteiger partial charge in [-0.1, -0.05) is 16.8 Å². The number of aromatic nitrogens is 3.